The largest absolute Gasteiger partial charge is 0.494 e. The Hall–Kier alpha value is -2.97. The summed E-state index contributed by atoms with van der Waals surface area (Å²) in [6, 6.07) is 11.0. The van der Waals surface area contributed by atoms with Gasteiger partial charge >= 0.3 is 0 Å². The van der Waals surface area contributed by atoms with Crippen molar-refractivity contribution in [2.45, 2.75) is 25.2 Å². The maximum absolute atomic E-state index is 12.3. The summed E-state index contributed by atoms with van der Waals surface area (Å²) >= 11 is 0. The predicted molar refractivity (Wildman–Crippen MR) is 109 cm³/mol. The van der Waals surface area contributed by atoms with Crippen LogP contribution in [0.1, 0.15) is 36.2 Å². The van der Waals surface area contributed by atoms with Crippen LogP contribution in [-0.2, 0) is 10.0 Å². The number of ketones is 1. The number of aliphatic imine (C=N–C) groups is 1. The average molecular weight is 399 g/mol. The number of primary sulfonamides is 1. The second-order valence-corrected chi connectivity index (χ2v) is 8.53. The smallest absolute Gasteiger partial charge is 0.238 e. The van der Waals surface area contributed by atoms with E-state index in [0.29, 0.717) is 34.1 Å². The van der Waals surface area contributed by atoms with E-state index in [-0.39, 0.29) is 22.5 Å². The summed E-state index contributed by atoms with van der Waals surface area (Å²) in [7, 11) is -3.76. The minimum absolute atomic E-state index is 0.00491. The molecule has 0 spiro atoms. The molecular weight excluding hydrogens is 378 g/mol. The zero-order valence-corrected chi connectivity index (χ0v) is 16.3. The third-order valence-electron chi connectivity index (χ3n) is 4.24. The molecule has 0 saturated carbocycles. The molecule has 1 aromatic heterocycles. The second kappa shape index (κ2) is 7.57. The van der Waals surface area contributed by atoms with Crippen molar-refractivity contribution >= 4 is 38.6 Å². The molecule has 0 aliphatic carbocycles. The van der Waals surface area contributed by atoms with Crippen molar-refractivity contribution in [3.8, 4) is 5.88 Å². The summed E-state index contributed by atoms with van der Waals surface area (Å²) in [5.41, 5.74) is 2.20. The van der Waals surface area contributed by atoms with Crippen molar-refractivity contribution in [2.75, 3.05) is 0 Å². The van der Waals surface area contributed by atoms with Gasteiger partial charge in [-0.05, 0) is 48.4 Å². The zero-order valence-electron chi connectivity index (χ0n) is 15.5. The molecule has 0 bridgehead atoms. The Morgan fingerprint density at radius 2 is 1.89 bits per heavy atom. The zero-order chi connectivity index (χ0) is 20.5. The number of sulfonamides is 1. The number of carbonyl (C=O) groups is 1. The Balaban J connectivity index is 1.94. The first-order chi connectivity index (χ1) is 13.1. The molecule has 3 rings (SSSR count). The lowest BCUT2D eigenvalue weighted by Gasteiger charge is -2.04. The van der Waals surface area contributed by atoms with Crippen molar-refractivity contribution < 1.29 is 18.3 Å². The Labute approximate surface area is 163 Å². The number of benzene rings is 2. The van der Waals surface area contributed by atoms with Crippen molar-refractivity contribution in [1.29, 1.82) is 0 Å². The second-order valence-electron chi connectivity index (χ2n) is 6.97. The Morgan fingerprint density at radius 1 is 1.21 bits per heavy atom. The molecule has 0 saturated heterocycles. The van der Waals surface area contributed by atoms with Gasteiger partial charge in [0.15, 0.2) is 11.7 Å². The molecule has 0 amide bonds. The number of fused-ring (bicyclic) bond motifs is 1. The summed E-state index contributed by atoms with van der Waals surface area (Å²) < 4.78 is 22.6. The van der Waals surface area contributed by atoms with Crippen LogP contribution in [-0.4, -0.2) is 30.5 Å². The van der Waals surface area contributed by atoms with Crippen molar-refractivity contribution in [3.63, 3.8) is 0 Å². The summed E-state index contributed by atoms with van der Waals surface area (Å²) in [6.45, 7) is 3.97. The van der Waals surface area contributed by atoms with E-state index in [1.54, 1.807) is 18.2 Å². The Kier molecular flexibility index (Phi) is 5.35. The highest BCUT2D eigenvalue weighted by Gasteiger charge is 2.14. The van der Waals surface area contributed by atoms with Crippen LogP contribution in [0, 0.1) is 5.92 Å². The van der Waals surface area contributed by atoms with E-state index in [0.717, 1.165) is 0 Å². The Bertz CT molecular complexity index is 1160. The van der Waals surface area contributed by atoms with E-state index in [1.807, 2.05) is 13.8 Å². The number of hydrogen-bond donors (Lipinski definition) is 3. The molecule has 0 radical (unpaired) electrons. The summed E-state index contributed by atoms with van der Waals surface area (Å²) in [5.74, 6) is 0.233. The maximum atomic E-state index is 12.3. The first-order valence-corrected chi connectivity index (χ1v) is 10.2. The molecule has 2 aromatic carbocycles. The van der Waals surface area contributed by atoms with E-state index >= 15 is 0 Å². The molecule has 4 N–H and O–H groups in total. The number of hydrogen-bond acceptors (Lipinski definition) is 5. The molecule has 0 fully saturated rings. The monoisotopic (exact) mass is 399 g/mol. The lowest BCUT2D eigenvalue weighted by Crippen LogP contribution is -2.11. The number of nitrogens with one attached hydrogen (secondary N) is 1. The third kappa shape index (κ3) is 4.29. The Morgan fingerprint density at radius 3 is 2.50 bits per heavy atom. The molecule has 7 nitrogen and oxygen atoms in total. The number of nitrogens with two attached hydrogens (primary N) is 1. The normalized spacial score (nSPS) is 12.3. The van der Waals surface area contributed by atoms with Crippen LogP contribution in [0.2, 0.25) is 0 Å². The SMILES string of the molecule is CC(C)CC(=O)c1ccc2[nH]c(O)c(C=Nc3ccc(S(N)(=O)=O)cc3)c2c1. The van der Waals surface area contributed by atoms with Gasteiger partial charge in [0.05, 0.1) is 16.1 Å². The number of nitrogens with zero attached hydrogens (tertiary/aromatic N) is 1. The van der Waals surface area contributed by atoms with E-state index < -0.39 is 10.0 Å². The van der Waals surface area contributed by atoms with E-state index in [4.69, 9.17) is 5.14 Å². The number of Topliss-reactive ketones (excluding diaryl/α,β-unsaturated/α-hetero) is 1. The number of aromatic nitrogens is 1. The van der Waals surface area contributed by atoms with Crippen LogP contribution >= 0.6 is 0 Å². The van der Waals surface area contributed by atoms with Gasteiger partial charge in [0.1, 0.15) is 0 Å². The molecule has 8 heteroatoms. The van der Waals surface area contributed by atoms with Gasteiger partial charge in [0, 0.05) is 29.1 Å². The van der Waals surface area contributed by atoms with Gasteiger partial charge in [-0.25, -0.2) is 13.6 Å². The lowest BCUT2D eigenvalue weighted by atomic mass is 9.99. The molecule has 0 aliphatic rings. The average Bonchev–Trinajstić information content (AvgIpc) is 2.93. The van der Waals surface area contributed by atoms with Gasteiger partial charge in [0.25, 0.3) is 0 Å². The first-order valence-electron chi connectivity index (χ1n) is 8.70. The molecule has 0 atom stereocenters. The van der Waals surface area contributed by atoms with Gasteiger partial charge in [-0.15, -0.1) is 0 Å². The van der Waals surface area contributed by atoms with Gasteiger partial charge < -0.3 is 10.1 Å². The minimum atomic E-state index is -3.76. The number of aromatic amines is 1. The maximum Gasteiger partial charge on any atom is 0.238 e. The minimum Gasteiger partial charge on any atom is -0.494 e. The molecule has 3 aromatic rings. The summed E-state index contributed by atoms with van der Waals surface area (Å²) in [4.78, 5) is 19.5. The number of H-pyrrole nitrogens is 1. The lowest BCUT2D eigenvalue weighted by molar-refractivity contribution is 0.0968. The quantitative estimate of drug-likeness (QED) is 0.433. The van der Waals surface area contributed by atoms with E-state index in [9.17, 15) is 18.3 Å². The third-order valence-corrected chi connectivity index (χ3v) is 5.17. The fourth-order valence-corrected chi connectivity index (χ4v) is 3.37. The fourth-order valence-electron chi connectivity index (χ4n) is 2.85. The number of carbonyl (C=O) groups excluding carboxylic acids is 1. The van der Waals surface area contributed by atoms with Crippen LogP contribution in [0.15, 0.2) is 52.4 Å². The van der Waals surface area contributed by atoms with E-state index in [2.05, 4.69) is 9.98 Å². The summed E-state index contributed by atoms with van der Waals surface area (Å²) in [5, 5.41) is 16.0. The number of rotatable bonds is 6. The predicted octanol–water partition coefficient (Wildman–Crippen LogP) is 3.50. The van der Waals surface area contributed by atoms with Gasteiger partial charge in [0.2, 0.25) is 10.0 Å². The molecule has 1 heterocycles. The van der Waals surface area contributed by atoms with Gasteiger partial charge in [-0.2, -0.15) is 0 Å². The van der Waals surface area contributed by atoms with E-state index in [1.165, 1.54) is 30.5 Å². The van der Waals surface area contributed by atoms with Crippen molar-refractivity contribution in [2.24, 2.45) is 16.0 Å². The van der Waals surface area contributed by atoms with Crippen LogP contribution < -0.4 is 5.14 Å². The highest BCUT2D eigenvalue weighted by Crippen LogP contribution is 2.28. The fraction of sp³-hybridized carbons (Fsp3) is 0.200. The van der Waals surface area contributed by atoms with Crippen LogP contribution in [0.25, 0.3) is 10.9 Å². The van der Waals surface area contributed by atoms with Gasteiger partial charge in [-0.3, -0.25) is 9.79 Å². The molecule has 0 aliphatic heterocycles. The molecule has 28 heavy (non-hydrogen) atoms. The van der Waals surface area contributed by atoms with Crippen LogP contribution in [0.4, 0.5) is 5.69 Å². The van der Waals surface area contributed by atoms with Crippen molar-refractivity contribution in [3.05, 3.63) is 53.6 Å². The number of aromatic hydroxyl groups is 1. The van der Waals surface area contributed by atoms with Crippen LogP contribution in [0.3, 0.4) is 0 Å². The van der Waals surface area contributed by atoms with Crippen molar-refractivity contribution in [1.82, 2.24) is 4.98 Å². The molecular formula is C20H21N3O4S. The van der Waals surface area contributed by atoms with Crippen LogP contribution in [0.5, 0.6) is 5.88 Å². The highest BCUT2D eigenvalue weighted by atomic mass is 32.2. The summed E-state index contributed by atoms with van der Waals surface area (Å²) in [6.07, 6.45) is 1.92. The topological polar surface area (TPSA) is 126 Å². The highest BCUT2D eigenvalue weighted by molar-refractivity contribution is 7.89. The van der Waals surface area contributed by atoms with Gasteiger partial charge in [-0.1, -0.05) is 13.8 Å². The standard InChI is InChI=1S/C20H21N3O4S/c1-12(2)9-19(24)13-3-8-18-16(10-13)17(20(25)23-18)11-22-14-4-6-15(7-5-14)28(21,26)27/h3-8,10-12,23,25H,9H2,1-2H3,(H2,21,26,27). The molecule has 0 unspecified atom stereocenters. The molecule has 146 valence electrons. The first kappa shape index (κ1) is 19.8.